The predicted octanol–water partition coefficient (Wildman–Crippen LogP) is 3.73. The number of para-hydroxylation sites is 1. The lowest BCUT2D eigenvalue weighted by Crippen LogP contribution is -2.10. The highest BCUT2D eigenvalue weighted by molar-refractivity contribution is 5.62. The number of nitrogens with one attached hydrogen (secondary N) is 1. The van der Waals surface area contributed by atoms with Crippen LogP contribution in [0.4, 0.5) is 15.8 Å². The minimum absolute atomic E-state index is 0.267. The largest absolute Gasteiger partial charge is 0.379 e. The number of anilines is 1. The van der Waals surface area contributed by atoms with E-state index in [1.165, 1.54) is 17.2 Å². The molecule has 4 rings (SSSR count). The third kappa shape index (κ3) is 1.96. The first-order valence-electron chi connectivity index (χ1n) is 7.41. The van der Waals surface area contributed by atoms with E-state index in [0.29, 0.717) is 24.3 Å². The molecule has 2 aliphatic rings. The molecule has 1 saturated carbocycles. The molecule has 0 radical (unpaired) electrons. The van der Waals surface area contributed by atoms with Gasteiger partial charge >= 0.3 is 5.69 Å². The maximum Gasteiger partial charge on any atom is 0.327 e. The molecule has 2 aliphatic carbocycles. The lowest BCUT2D eigenvalue weighted by Gasteiger charge is -2.10. The molecule has 1 N–H and O–H groups in total. The number of nitro benzene ring substituents is 1. The Labute approximate surface area is 127 Å². The number of rotatable bonds is 4. The first-order valence-corrected chi connectivity index (χ1v) is 7.41. The summed E-state index contributed by atoms with van der Waals surface area (Å²) in [6.45, 7) is 0.647. The maximum absolute atomic E-state index is 13.6. The van der Waals surface area contributed by atoms with Crippen LogP contribution in [0.2, 0.25) is 0 Å². The second kappa shape index (κ2) is 4.80. The quantitative estimate of drug-likeness (QED) is 0.691. The zero-order valence-electron chi connectivity index (χ0n) is 11.8. The molecule has 3 atom stereocenters. The van der Waals surface area contributed by atoms with Crippen LogP contribution in [0, 0.1) is 27.8 Å². The molecule has 2 aromatic carbocycles. The number of benzene rings is 2. The van der Waals surface area contributed by atoms with Crippen LogP contribution in [0.5, 0.6) is 0 Å². The highest BCUT2D eigenvalue weighted by Gasteiger charge is 2.54. The van der Waals surface area contributed by atoms with E-state index in [0.717, 1.165) is 12.5 Å². The second-order valence-electron chi connectivity index (χ2n) is 6.03. The summed E-state index contributed by atoms with van der Waals surface area (Å²) < 4.78 is 13.6. The Hall–Kier alpha value is -2.43. The number of hydrogen-bond donors (Lipinski definition) is 1. The molecule has 0 bridgehead atoms. The summed E-state index contributed by atoms with van der Waals surface area (Å²) in [5, 5.41) is 14.1. The number of hydrogen-bond acceptors (Lipinski definition) is 3. The van der Waals surface area contributed by atoms with Crippen molar-refractivity contribution in [2.45, 2.75) is 12.3 Å². The van der Waals surface area contributed by atoms with Gasteiger partial charge in [0, 0.05) is 6.54 Å². The van der Waals surface area contributed by atoms with Crippen molar-refractivity contribution in [3.63, 3.8) is 0 Å². The Bertz CT molecular complexity index is 762. The topological polar surface area (TPSA) is 55.2 Å². The summed E-state index contributed by atoms with van der Waals surface area (Å²) in [5.41, 5.74) is 2.63. The first-order chi connectivity index (χ1) is 10.7. The number of nitrogens with zero attached hydrogens (tertiary/aromatic N) is 1. The third-order valence-corrected chi connectivity index (χ3v) is 4.90. The summed E-state index contributed by atoms with van der Waals surface area (Å²) in [6, 6.07) is 12.6. The van der Waals surface area contributed by atoms with E-state index in [4.69, 9.17) is 0 Å². The van der Waals surface area contributed by atoms with Gasteiger partial charge in [-0.25, -0.2) is 0 Å². The second-order valence-corrected chi connectivity index (χ2v) is 6.03. The van der Waals surface area contributed by atoms with E-state index < -0.39 is 16.4 Å². The van der Waals surface area contributed by atoms with E-state index in [1.54, 1.807) is 6.07 Å². The van der Waals surface area contributed by atoms with Crippen molar-refractivity contribution in [2.24, 2.45) is 11.8 Å². The Kier molecular flexibility index (Phi) is 2.89. The zero-order valence-corrected chi connectivity index (χ0v) is 11.8. The molecule has 0 heterocycles. The molecule has 4 nitrogen and oxygen atoms in total. The number of nitro groups is 1. The van der Waals surface area contributed by atoms with Crippen LogP contribution < -0.4 is 5.32 Å². The van der Waals surface area contributed by atoms with Crippen molar-refractivity contribution >= 4 is 11.4 Å². The van der Waals surface area contributed by atoms with Gasteiger partial charge in [0.15, 0.2) is 0 Å². The van der Waals surface area contributed by atoms with E-state index in [9.17, 15) is 14.5 Å². The molecule has 0 aliphatic heterocycles. The lowest BCUT2D eigenvalue weighted by molar-refractivity contribution is -0.386. The Balaban J connectivity index is 1.48. The fourth-order valence-electron chi connectivity index (χ4n) is 3.83. The van der Waals surface area contributed by atoms with Gasteiger partial charge in [0.25, 0.3) is 0 Å². The molecule has 5 heteroatoms. The van der Waals surface area contributed by atoms with Crippen LogP contribution in [-0.4, -0.2) is 11.5 Å². The van der Waals surface area contributed by atoms with E-state index >= 15 is 0 Å². The summed E-state index contributed by atoms with van der Waals surface area (Å²) in [5.74, 6) is 0.864. The molecular formula is C17H15FN2O2. The normalized spacial score (nSPS) is 24.5. The minimum atomic E-state index is -0.795. The molecule has 22 heavy (non-hydrogen) atoms. The van der Waals surface area contributed by atoms with E-state index in [-0.39, 0.29) is 5.69 Å². The smallest absolute Gasteiger partial charge is 0.327 e. The molecule has 0 spiro atoms. The van der Waals surface area contributed by atoms with Gasteiger partial charge in [0.1, 0.15) is 5.69 Å². The molecule has 3 unspecified atom stereocenters. The summed E-state index contributed by atoms with van der Waals surface area (Å²) in [6.07, 6.45) is 1.08. The highest BCUT2D eigenvalue weighted by Crippen LogP contribution is 2.61. The molecule has 0 saturated heterocycles. The van der Waals surface area contributed by atoms with Gasteiger partial charge in [0.2, 0.25) is 5.82 Å². The molecular weight excluding hydrogens is 283 g/mol. The van der Waals surface area contributed by atoms with E-state index in [1.807, 2.05) is 0 Å². The fourth-order valence-corrected chi connectivity index (χ4v) is 3.83. The van der Waals surface area contributed by atoms with Gasteiger partial charge in [0.05, 0.1) is 4.92 Å². The minimum Gasteiger partial charge on any atom is -0.379 e. The summed E-state index contributed by atoms with van der Waals surface area (Å²) in [4.78, 5) is 10.3. The molecule has 0 amide bonds. The zero-order chi connectivity index (χ0) is 15.3. The maximum atomic E-state index is 13.6. The Morgan fingerprint density at radius 3 is 2.86 bits per heavy atom. The van der Waals surface area contributed by atoms with Gasteiger partial charge in [-0.3, -0.25) is 10.1 Å². The number of fused-ring (bicyclic) bond motifs is 3. The number of halogens is 1. The Morgan fingerprint density at radius 1 is 1.23 bits per heavy atom. The summed E-state index contributed by atoms with van der Waals surface area (Å²) in [7, 11) is 0. The standard InChI is InChI=1S/C17H15FN2O2/c18-14-6-3-7-15(17(14)20(21)22)19-9-13-12-8-10-4-1-2-5-11(10)16(12)13/h1-7,12-13,16,19H,8-9H2. The van der Waals surface area contributed by atoms with Crippen molar-refractivity contribution in [1.29, 1.82) is 0 Å². The van der Waals surface area contributed by atoms with Crippen LogP contribution in [0.3, 0.4) is 0 Å². The van der Waals surface area contributed by atoms with Gasteiger partial charge in [-0.05, 0) is 47.4 Å². The van der Waals surface area contributed by atoms with Gasteiger partial charge in [-0.2, -0.15) is 4.39 Å². The average Bonchev–Trinajstić information content (AvgIpc) is 3.03. The SMILES string of the molecule is O=[N+]([O-])c1c(F)cccc1NCC1C2Cc3ccccc3C12. The van der Waals surface area contributed by atoms with E-state index in [2.05, 4.69) is 29.6 Å². The average molecular weight is 298 g/mol. The van der Waals surface area contributed by atoms with Gasteiger partial charge in [-0.1, -0.05) is 30.3 Å². The van der Waals surface area contributed by atoms with Crippen molar-refractivity contribution in [1.82, 2.24) is 0 Å². The monoisotopic (exact) mass is 298 g/mol. The fraction of sp³-hybridized carbons (Fsp3) is 0.294. The van der Waals surface area contributed by atoms with Crippen molar-refractivity contribution in [3.05, 3.63) is 69.5 Å². The summed E-state index contributed by atoms with van der Waals surface area (Å²) >= 11 is 0. The highest BCUT2D eigenvalue weighted by atomic mass is 19.1. The van der Waals surface area contributed by atoms with Crippen LogP contribution in [0.25, 0.3) is 0 Å². The van der Waals surface area contributed by atoms with Crippen LogP contribution in [0.15, 0.2) is 42.5 Å². The van der Waals surface area contributed by atoms with Crippen LogP contribution in [-0.2, 0) is 6.42 Å². The van der Waals surface area contributed by atoms with Crippen molar-refractivity contribution < 1.29 is 9.31 Å². The Morgan fingerprint density at radius 2 is 2.05 bits per heavy atom. The third-order valence-electron chi connectivity index (χ3n) is 4.90. The lowest BCUT2D eigenvalue weighted by atomic mass is 10.0. The van der Waals surface area contributed by atoms with Crippen LogP contribution in [0.1, 0.15) is 17.0 Å². The molecule has 112 valence electrons. The molecule has 0 aromatic heterocycles. The van der Waals surface area contributed by atoms with Crippen LogP contribution >= 0.6 is 0 Å². The first kappa shape index (κ1) is 13.2. The van der Waals surface area contributed by atoms with Crippen molar-refractivity contribution in [2.75, 3.05) is 11.9 Å². The predicted molar refractivity (Wildman–Crippen MR) is 81.4 cm³/mol. The van der Waals surface area contributed by atoms with Gasteiger partial charge in [-0.15, -0.1) is 0 Å². The van der Waals surface area contributed by atoms with Crippen molar-refractivity contribution in [3.8, 4) is 0 Å². The molecule has 1 fully saturated rings. The molecule has 2 aromatic rings. The van der Waals surface area contributed by atoms with Gasteiger partial charge < -0.3 is 5.32 Å².